The molecule has 0 unspecified atom stereocenters. The van der Waals surface area contributed by atoms with Crippen molar-refractivity contribution < 1.29 is 0 Å². The zero-order chi connectivity index (χ0) is 17.6. The molecule has 2 heterocycles. The topological polar surface area (TPSA) is 12.9 Å². The predicted octanol–water partition coefficient (Wildman–Crippen LogP) is 2.75. The lowest BCUT2D eigenvalue weighted by molar-refractivity contribution is 1.22. The van der Waals surface area contributed by atoms with Crippen molar-refractivity contribution in [1.29, 1.82) is 0 Å². The van der Waals surface area contributed by atoms with Crippen LogP contribution < -0.4 is 20.7 Å². The Bertz CT molecular complexity index is 1050. The van der Waals surface area contributed by atoms with E-state index in [-0.39, 0.29) is 0 Å². The number of aryl methyl sites for hydroxylation is 1. The molecule has 0 saturated carbocycles. The predicted molar refractivity (Wildman–Crippen MR) is 112 cm³/mol. The van der Waals surface area contributed by atoms with Gasteiger partial charge in [-0.2, -0.15) is 0 Å². The van der Waals surface area contributed by atoms with E-state index in [9.17, 15) is 0 Å². The van der Waals surface area contributed by atoms with Crippen LogP contribution in [-0.2, 0) is 0 Å². The van der Waals surface area contributed by atoms with Gasteiger partial charge in [0.25, 0.3) is 0 Å². The van der Waals surface area contributed by atoms with Gasteiger partial charge in [0.1, 0.15) is 0 Å². The van der Waals surface area contributed by atoms with Crippen molar-refractivity contribution in [2.75, 3.05) is 0 Å². The minimum atomic E-state index is -2.33. The van der Waals surface area contributed by atoms with Gasteiger partial charge in [0, 0.05) is 11.9 Å². The Kier molecular flexibility index (Phi) is 3.40. The largest absolute Gasteiger partial charge is 0.262 e. The lowest BCUT2D eigenvalue weighted by Crippen LogP contribution is -2.73. The van der Waals surface area contributed by atoms with Gasteiger partial charge in [-0.25, -0.2) is 0 Å². The van der Waals surface area contributed by atoms with Crippen LogP contribution in [0.5, 0.6) is 0 Å². The van der Waals surface area contributed by atoms with Crippen LogP contribution in [0.1, 0.15) is 5.69 Å². The van der Waals surface area contributed by atoms with E-state index in [1.807, 2.05) is 6.20 Å². The first-order valence-electron chi connectivity index (χ1n) is 9.00. The van der Waals surface area contributed by atoms with E-state index in [2.05, 4.69) is 97.9 Å². The SMILES string of the molecule is Cc1nccc2c1[Si](c1ccccc1)(c1ccccc1)c1ccccc1-2. The molecule has 0 fully saturated rings. The molecule has 3 aromatic carbocycles. The highest BCUT2D eigenvalue weighted by Crippen LogP contribution is 2.28. The van der Waals surface area contributed by atoms with Gasteiger partial charge < -0.3 is 0 Å². The molecule has 1 aliphatic rings. The number of hydrogen-bond donors (Lipinski definition) is 0. The summed E-state index contributed by atoms with van der Waals surface area (Å²) in [5.74, 6) is 0. The summed E-state index contributed by atoms with van der Waals surface area (Å²) in [6.07, 6.45) is 1.95. The van der Waals surface area contributed by atoms with E-state index in [0.29, 0.717) is 0 Å². The van der Waals surface area contributed by atoms with E-state index in [4.69, 9.17) is 4.98 Å². The molecule has 1 aliphatic heterocycles. The molecule has 1 nitrogen and oxygen atoms in total. The average molecular weight is 350 g/mol. The average Bonchev–Trinajstić information content (AvgIpc) is 3.02. The Balaban J connectivity index is 2.01. The summed E-state index contributed by atoms with van der Waals surface area (Å²) < 4.78 is 0. The highest BCUT2D eigenvalue weighted by molar-refractivity contribution is 7.22. The molecule has 0 atom stereocenters. The second-order valence-electron chi connectivity index (χ2n) is 6.85. The summed E-state index contributed by atoms with van der Waals surface area (Å²) in [5.41, 5.74) is 3.87. The molecule has 0 N–H and O–H groups in total. The van der Waals surface area contributed by atoms with Gasteiger partial charge in [0.05, 0.1) is 0 Å². The monoisotopic (exact) mass is 349 g/mol. The van der Waals surface area contributed by atoms with Gasteiger partial charge in [0.15, 0.2) is 8.07 Å². The van der Waals surface area contributed by atoms with Crippen LogP contribution in [0.15, 0.2) is 97.2 Å². The number of nitrogens with zero attached hydrogens (tertiary/aromatic N) is 1. The fourth-order valence-electron chi connectivity index (χ4n) is 4.59. The second-order valence-corrected chi connectivity index (χ2v) is 10.5. The molecule has 124 valence electrons. The van der Waals surface area contributed by atoms with Crippen molar-refractivity contribution in [2.24, 2.45) is 0 Å². The van der Waals surface area contributed by atoms with Crippen molar-refractivity contribution >= 4 is 28.8 Å². The van der Waals surface area contributed by atoms with Gasteiger partial charge >= 0.3 is 0 Å². The van der Waals surface area contributed by atoms with Crippen molar-refractivity contribution in [3.05, 3.63) is 103 Å². The number of benzene rings is 3. The molecule has 5 rings (SSSR count). The number of fused-ring (bicyclic) bond motifs is 3. The van der Waals surface area contributed by atoms with Gasteiger partial charge in [-0.05, 0) is 44.9 Å². The molecule has 0 aliphatic carbocycles. The molecular weight excluding hydrogens is 330 g/mol. The number of pyridine rings is 1. The van der Waals surface area contributed by atoms with E-state index < -0.39 is 8.07 Å². The molecule has 1 aromatic heterocycles. The van der Waals surface area contributed by atoms with E-state index >= 15 is 0 Å². The molecule has 0 spiro atoms. The summed E-state index contributed by atoms with van der Waals surface area (Å²) in [5, 5.41) is 5.77. The number of hydrogen-bond acceptors (Lipinski definition) is 1. The third kappa shape index (κ3) is 1.93. The van der Waals surface area contributed by atoms with Gasteiger partial charge in [0.2, 0.25) is 0 Å². The third-order valence-corrected chi connectivity index (χ3v) is 10.6. The number of aromatic nitrogens is 1. The van der Waals surface area contributed by atoms with E-state index in [1.54, 1.807) is 0 Å². The third-order valence-electron chi connectivity index (χ3n) is 5.55. The smallest absolute Gasteiger partial charge is 0.182 e. The maximum absolute atomic E-state index is 4.71. The molecule has 4 aromatic rings. The summed E-state index contributed by atoms with van der Waals surface area (Å²) in [6.45, 7) is 2.17. The van der Waals surface area contributed by atoms with Crippen LogP contribution >= 0.6 is 0 Å². The van der Waals surface area contributed by atoms with Crippen LogP contribution in [0, 0.1) is 6.92 Å². The van der Waals surface area contributed by atoms with Gasteiger partial charge in [-0.3, -0.25) is 4.98 Å². The van der Waals surface area contributed by atoms with Crippen LogP contribution in [0.3, 0.4) is 0 Å². The minimum absolute atomic E-state index is 1.15. The zero-order valence-electron chi connectivity index (χ0n) is 14.7. The summed E-state index contributed by atoms with van der Waals surface area (Å²) in [6, 6.07) is 33.2. The summed E-state index contributed by atoms with van der Waals surface area (Å²) >= 11 is 0. The van der Waals surface area contributed by atoms with Gasteiger partial charge in [-0.1, -0.05) is 84.9 Å². The molecular formula is C24H19NSi. The maximum Gasteiger partial charge on any atom is 0.182 e. The lowest BCUT2D eigenvalue weighted by atomic mass is 10.1. The minimum Gasteiger partial charge on any atom is -0.262 e. The van der Waals surface area contributed by atoms with Crippen LogP contribution in [0.4, 0.5) is 0 Å². The standard InChI is InChI=1S/C24H19NSi/c1-18-24-22(16-17-25-18)21-14-8-9-15-23(21)26(24,19-10-4-2-5-11-19)20-12-6-3-7-13-20/h2-17H,1H3. The first-order chi connectivity index (χ1) is 12.8. The Hall–Kier alpha value is -2.97. The van der Waals surface area contributed by atoms with Crippen LogP contribution in [-0.4, -0.2) is 13.1 Å². The van der Waals surface area contributed by atoms with E-state index in [0.717, 1.165) is 5.69 Å². The zero-order valence-corrected chi connectivity index (χ0v) is 15.7. The molecule has 0 saturated heterocycles. The molecule has 0 radical (unpaired) electrons. The molecule has 0 amide bonds. The maximum atomic E-state index is 4.71. The molecule has 26 heavy (non-hydrogen) atoms. The first kappa shape index (κ1) is 15.3. The quantitative estimate of drug-likeness (QED) is 0.447. The summed E-state index contributed by atoms with van der Waals surface area (Å²) in [7, 11) is -2.33. The van der Waals surface area contributed by atoms with Crippen LogP contribution in [0.2, 0.25) is 0 Å². The Morgan fingerprint density at radius 1 is 0.615 bits per heavy atom. The van der Waals surface area contributed by atoms with Crippen LogP contribution in [0.25, 0.3) is 11.1 Å². The van der Waals surface area contributed by atoms with E-state index in [1.165, 1.54) is 31.9 Å². The first-order valence-corrected chi connectivity index (χ1v) is 11.0. The molecule has 2 heteroatoms. The van der Waals surface area contributed by atoms with Crippen molar-refractivity contribution in [3.63, 3.8) is 0 Å². The van der Waals surface area contributed by atoms with Gasteiger partial charge in [-0.15, -0.1) is 0 Å². The normalized spacial score (nSPS) is 13.9. The van der Waals surface area contributed by atoms with Crippen molar-refractivity contribution in [1.82, 2.24) is 4.98 Å². The summed E-state index contributed by atoms with van der Waals surface area (Å²) in [4.78, 5) is 4.71. The lowest BCUT2D eigenvalue weighted by Gasteiger charge is -2.31. The number of rotatable bonds is 2. The highest BCUT2D eigenvalue weighted by Gasteiger charge is 2.49. The Morgan fingerprint density at radius 3 is 1.85 bits per heavy atom. The van der Waals surface area contributed by atoms with Crippen molar-refractivity contribution in [3.8, 4) is 11.1 Å². The second kappa shape index (κ2) is 5.79. The fraction of sp³-hybridized carbons (Fsp3) is 0.0417. The molecule has 0 bridgehead atoms. The Morgan fingerprint density at radius 2 is 1.19 bits per heavy atom. The Labute approximate surface area is 155 Å². The van der Waals surface area contributed by atoms with Crippen molar-refractivity contribution in [2.45, 2.75) is 6.92 Å². The fourth-order valence-corrected chi connectivity index (χ4v) is 9.97. The highest BCUT2D eigenvalue weighted by atomic mass is 28.3.